The van der Waals surface area contributed by atoms with Crippen molar-refractivity contribution in [3.05, 3.63) is 34.3 Å². The van der Waals surface area contributed by atoms with Gasteiger partial charge in [0.2, 0.25) is 5.91 Å². The highest BCUT2D eigenvalue weighted by atomic mass is 79.9. The van der Waals surface area contributed by atoms with Crippen molar-refractivity contribution in [1.29, 1.82) is 0 Å². The summed E-state index contributed by atoms with van der Waals surface area (Å²) in [4.78, 5) is 25.2. The van der Waals surface area contributed by atoms with E-state index in [0.29, 0.717) is 18.0 Å². The Morgan fingerprint density at radius 3 is 2.53 bits per heavy atom. The van der Waals surface area contributed by atoms with E-state index in [0.717, 1.165) is 4.47 Å². The van der Waals surface area contributed by atoms with E-state index in [9.17, 15) is 9.59 Å². The van der Waals surface area contributed by atoms with Gasteiger partial charge in [-0.05, 0) is 34.0 Å². The van der Waals surface area contributed by atoms with E-state index in [-0.39, 0.29) is 18.4 Å². The Morgan fingerprint density at radius 1 is 1.32 bits per heavy atom. The molecule has 1 aromatic carbocycles. The maximum Gasteiger partial charge on any atom is 0.255 e. The summed E-state index contributed by atoms with van der Waals surface area (Å²) < 4.78 is 0.731. The molecule has 0 saturated heterocycles. The molecule has 1 aromatic rings. The summed E-state index contributed by atoms with van der Waals surface area (Å²) in [6, 6.07) is 7.18. The molecule has 0 aliphatic heterocycles. The average molecular weight is 327 g/mol. The summed E-state index contributed by atoms with van der Waals surface area (Å²) >= 11 is 3.33. The minimum Gasteiger partial charge on any atom is -0.354 e. The molecule has 2 amide bonds. The number of benzene rings is 1. The molecule has 5 heteroatoms. The first-order valence-electron chi connectivity index (χ1n) is 6.18. The van der Waals surface area contributed by atoms with Crippen LogP contribution in [-0.2, 0) is 4.79 Å². The first kappa shape index (κ1) is 15.7. The standard InChI is InChI=1S/C14H19BrN2O2/c1-10(2)8-16-13(18)9-17(3)14(19)11-6-4-5-7-12(11)15/h4-7,10H,8-9H2,1-3H3,(H,16,18). The Morgan fingerprint density at radius 2 is 1.95 bits per heavy atom. The molecule has 0 heterocycles. The van der Waals surface area contributed by atoms with Crippen LogP contribution in [-0.4, -0.2) is 36.9 Å². The molecule has 4 nitrogen and oxygen atoms in total. The van der Waals surface area contributed by atoms with E-state index < -0.39 is 0 Å². The molecule has 0 fully saturated rings. The smallest absolute Gasteiger partial charge is 0.255 e. The molecule has 1 rings (SSSR count). The number of carbonyl (C=O) groups excluding carboxylic acids is 2. The number of amides is 2. The van der Waals surface area contributed by atoms with Crippen molar-refractivity contribution in [2.24, 2.45) is 5.92 Å². The Kier molecular flexibility index (Phi) is 6.02. The van der Waals surface area contributed by atoms with Gasteiger partial charge in [-0.1, -0.05) is 26.0 Å². The Labute approximate surface area is 122 Å². The number of hydrogen-bond acceptors (Lipinski definition) is 2. The van der Waals surface area contributed by atoms with Gasteiger partial charge in [0.05, 0.1) is 12.1 Å². The zero-order valence-corrected chi connectivity index (χ0v) is 13.0. The molecule has 104 valence electrons. The lowest BCUT2D eigenvalue weighted by molar-refractivity contribution is -0.121. The highest BCUT2D eigenvalue weighted by molar-refractivity contribution is 9.10. The summed E-state index contributed by atoms with van der Waals surface area (Å²) in [6.07, 6.45) is 0. The fourth-order valence-corrected chi connectivity index (χ4v) is 1.96. The molecule has 0 bridgehead atoms. The Bertz CT molecular complexity index is 461. The molecule has 0 saturated carbocycles. The van der Waals surface area contributed by atoms with Gasteiger partial charge >= 0.3 is 0 Å². The Balaban J connectivity index is 2.58. The molecule has 0 aliphatic rings. The molecule has 0 spiro atoms. The first-order chi connectivity index (χ1) is 8.91. The number of carbonyl (C=O) groups is 2. The third-order valence-corrected chi connectivity index (χ3v) is 3.23. The number of likely N-dealkylation sites (N-methyl/N-ethyl adjacent to an activating group) is 1. The van der Waals surface area contributed by atoms with Gasteiger partial charge in [-0.2, -0.15) is 0 Å². The van der Waals surface area contributed by atoms with Gasteiger partial charge in [0.15, 0.2) is 0 Å². The summed E-state index contributed by atoms with van der Waals surface area (Å²) in [5, 5.41) is 2.79. The predicted molar refractivity (Wildman–Crippen MR) is 79.0 cm³/mol. The van der Waals surface area contributed by atoms with Gasteiger partial charge in [0.1, 0.15) is 0 Å². The van der Waals surface area contributed by atoms with Crippen LogP contribution in [0.2, 0.25) is 0 Å². The number of nitrogens with zero attached hydrogens (tertiary/aromatic N) is 1. The second-order valence-corrected chi connectivity index (χ2v) is 5.69. The Hall–Kier alpha value is -1.36. The topological polar surface area (TPSA) is 49.4 Å². The monoisotopic (exact) mass is 326 g/mol. The van der Waals surface area contributed by atoms with Gasteiger partial charge in [0, 0.05) is 18.1 Å². The van der Waals surface area contributed by atoms with Crippen molar-refractivity contribution in [2.45, 2.75) is 13.8 Å². The quantitative estimate of drug-likeness (QED) is 0.902. The van der Waals surface area contributed by atoms with Gasteiger partial charge in [-0.25, -0.2) is 0 Å². The first-order valence-corrected chi connectivity index (χ1v) is 6.97. The van der Waals surface area contributed by atoms with Crippen LogP contribution in [0, 0.1) is 5.92 Å². The number of rotatable bonds is 5. The lowest BCUT2D eigenvalue weighted by atomic mass is 10.2. The maximum absolute atomic E-state index is 12.2. The second-order valence-electron chi connectivity index (χ2n) is 4.84. The van der Waals surface area contributed by atoms with Gasteiger partial charge in [-0.15, -0.1) is 0 Å². The van der Waals surface area contributed by atoms with Crippen LogP contribution in [0.15, 0.2) is 28.7 Å². The van der Waals surface area contributed by atoms with E-state index in [2.05, 4.69) is 21.2 Å². The van der Waals surface area contributed by atoms with Crippen LogP contribution in [0.1, 0.15) is 24.2 Å². The molecule has 1 N–H and O–H groups in total. The number of nitrogens with one attached hydrogen (secondary N) is 1. The summed E-state index contributed by atoms with van der Waals surface area (Å²) in [7, 11) is 1.62. The number of halogens is 1. The van der Waals surface area contributed by atoms with Crippen molar-refractivity contribution < 1.29 is 9.59 Å². The van der Waals surface area contributed by atoms with Crippen molar-refractivity contribution in [3.8, 4) is 0 Å². The maximum atomic E-state index is 12.2. The molecule has 0 aromatic heterocycles. The highest BCUT2D eigenvalue weighted by Gasteiger charge is 2.16. The predicted octanol–water partition coefficient (Wildman–Crippen LogP) is 2.29. The minimum atomic E-state index is -0.174. The lowest BCUT2D eigenvalue weighted by Crippen LogP contribution is -2.39. The highest BCUT2D eigenvalue weighted by Crippen LogP contribution is 2.17. The third-order valence-electron chi connectivity index (χ3n) is 2.54. The summed E-state index contributed by atoms with van der Waals surface area (Å²) in [5.41, 5.74) is 0.557. The third kappa shape index (κ3) is 5.03. The van der Waals surface area contributed by atoms with Gasteiger partial charge in [-0.3, -0.25) is 9.59 Å². The van der Waals surface area contributed by atoms with Crippen LogP contribution >= 0.6 is 15.9 Å². The van der Waals surface area contributed by atoms with Crippen molar-refractivity contribution in [1.82, 2.24) is 10.2 Å². The van der Waals surface area contributed by atoms with Gasteiger partial charge in [0.25, 0.3) is 5.91 Å². The molecule has 0 unspecified atom stereocenters. The van der Waals surface area contributed by atoms with E-state index in [1.807, 2.05) is 19.9 Å². The summed E-state index contributed by atoms with van der Waals surface area (Å²) in [6.45, 7) is 4.73. The van der Waals surface area contributed by atoms with Gasteiger partial charge < -0.3 is 10.2 Å². The molecule has 0 aliphatic carbocycles. The number of hydrogen-bond donors (Lipinski definition) is 1. The van der Waals surface area contributed by atoms with Crippen LogP contribution in [0.25, 0.3) is 0 Å². The van der Waals surface area contributed by atoms with Crippen LogP contribution in [0.5, 0.6) is 0 Å². The SMILES string of the molecule is CC(C)CNC(=O)CN(C)C(=O)c1ccccc1Br. The van der Waals surface area contributed by atoms with E-state index in [4.69, 9.17) is 0 Å². The van der Waals surface area contributed by atoms with E-state index >= 15 is 0 Å². The minimum absolute atomic E-state index is 0.0624. The average Bonchev–Trinajstić information content (AvgIpc) is 2.36. The van der Waals surface area contributed by atoms with E-state index in [1.54, 1.807) is 25.2 Å². The molecular weight excluding hydrogens is 308 g/mol. The fraction of sp³-hybridized carbons (Fsp3) is 0.429. The van der Waals surface area contributed by atoms with Crippen molar-refractivity contribution in [3.63, 3.8) is 0 Å². The second kappa shape index (κ2) is 7.28. The molecular formula is C14H19BrN2O2. The molecule has 0 radical (unpaired) electrons. The zero-order valence-electron chi connectivity index (χ0n) is 11.4. The normalized spacial score (nSPS) is 10.4. The molecule has 19 heavy (non-hydrogen) atoms. The fourth-order valence-electron chi connectivity index (χ4n) is 1.50. The van der Waals surface area contributed by atoms with Crippen LogP contribution < -0.4 is 5.32 Å². The lowest BCUT2D eigenvalue weighted by Gasteiger charge is -2.18. The van der Waals surface area contributed by atoms with E-state index in [1.165, 1.54) is 4.90 Å². The largest absolute Gasteiger partial charge is 0.354 e. The van der Waals surface area contributed by atoms with Crippen molar-refractivity contribution in [2.75, 3.05) is 20.1 Å². The van der Waals surface area contributed by atoms with Crippen LogP contribution in [0.3, 0.4) is 0 Å². The van der Waals surface area contributed by atoms with Crippen LogP contribution in [0.4, 0.5) is 0 Å². The van der Waals surface area contributed by atoms with Crippen molar-refractivity contribution >= 4 is 27.7 Å². The molecule has 0 atom stereocenters. The summed E-state index contributed by atoms with van der Waals surface area (Å²) in [5.74, 6) is 0.0806. The zero-order chi connectivity index (χ0) is 14.4.